The van der Waals surface area contributed by atoms with E-state index in [9.17, 15) is 4.79 Å². The number of ether oxygens (including phenoxy) is 1. The molecule has 3 unspecified atom stereocenters. The molecule has 2 fully saturated rings. The second-order valence-corrected chi connectivity index (χ2v) is 4.96. The van der Waals surface area contributed by atoms with E-state index in [-0.39, 0.29) is 12.0 Å². The Bertz CT molecular complexity index is 257. The molecule has 2 saturated heterocycles. The third kappa shape index (κ3) is 2.38. The van der Waals surface area contributed by atoms with E-state index >= 15 is 0 Å². The first-order valence-electron chi connectivity index (χ1n) is 6.29. The number of hydrogen-bond donors (Lipinski definition) is 1. The summed E-state index contributed by atoms with van der Waals surface area (Å²) in [5.41, 5.74) is 0. The molecule has 0 aromatic heterocycles. The first-order valence-corrected chi connectivity index (χ1v) is 6.29. The lowest BCUT2D eigenvalue weighted by Gasteiger charge is -2.26. The lowest BCUT2D eigenvalue weighted by molar-refractivity contribution is -0.136. The summed E-state index contributed by atoms with van der Waals surface area (Å²) in [4.78, 5) is 14.4. The minimum atomic E-state index is 0.104. The van der Waals surface area contributed by atoms with Crippen LogP contribution in [0.1, 0.15) is 26.2 Å². The molecule has 0 radical (unpaired) electrons. The molecule has 4 nitrogen and oxygen atoms in total. The quantitative estimate of drug-likeness (QED) is 0.767. The van der Waals surface area contributed by atoms with Crippen LogP contribution >= 0.6 is 0 Å². The molecule has 2 aliphatic heterocycles. The van der Waals surface area contributed by atoms with E-state index in [1.54, 1.807) is 0 Å². The molecular formula is C12H22N2O2. The van der Waals surface area contributed by atoms with E-state index in [0.717, 1.165) is 32.4 Å². The molecule has 2 aliphatic rings. The Morgan fingerprint density at radius 3 is 3.00 bits per heavy atom. The van der Waals surface area contributed by atoms with Crippen molar-refractivity contribution in [2.24, 2.45) is 5.92 Å². The van der Waals surface area contributed by atoms with Crippen molar-refractivity contribution in [2.75, 3.05) is 26.7 Å². The number of carbonyl (C=O) groups excluding carboxylic acids is 1. The number of likely N-dealkylation sites (N-methyl/N-ethyl adjacent to an activating group) is 1. The Hall–Kier alpha value is -0.610. The van der Waals surface area contributed by atoms with E-state index in [4.69, 9.17) is 4.74 Å². The van der Waals surface area contributed by atoms with Crippen molar-refractivity contribution >= 4 is 5.91 Å². The van der Waals surface area contributed by atoms with Crippen molar-refractivity contribution in [3.63, 3.8) is 0 Å². The van der Waals surface area contributed by atoms with E-state index in [2.05, 4.69) is 10.2 Å². The largest absolute Gasteiger partial charge is 0.378 e. The van der Waals surface area contributed by atoms with Gasteiger partial charge in [0.2, 0.25) is 5.91 Å². The van der Waals surface area contributed by atoms with Crippen molar-refractivity contribution in [3.05, 3.63) is 0 Å². The average Bonchev–Trinajstić information content (AvgIpc) is 2.87. The minimum Gasteiger partial charge on any atom is -0.378 e. The van der Waals surface area contributed by atoms with Gasteiger partial charge >= 0.3 is 0 Å². The topological polar surface area (TPSA) is 41.6 Å². The highest BCUT2D eigenvalue weighted by molar-refractivity contribution is 5.80. The van der Waals surface area contributed by atoms with Gasteiger partial charge < -0.3 is 15.0 Å². The highest BCUT2D eigenvalue weighted by Crippen LogP contribution is 2.25. The fraction of sp³-hybridized carbons (Fsp3) is 0.917. The molecular weight excluding hydrogens is 204 g/mol. The van der Waals surface area contributed by atoms with E-state index in [0.29, 0.717) is 18.6 Å². The summed E-state index contributed by atoms with van der Waals surface area (Å²) >= 11 is 0. The number of nitrogens with zero attached hydrogens (tertiary/aromatic N) is 1. The third-order valence-electron chi connectivity index (χ3n) is 3.65. The molecule has 92 valence electrons. The van der Waals surface area contributed by atoms with Gasteiger partial charge in [0, 0.05) is 19.1 Å². The number of amides is 1. The highest BCUT2D eigenvalue weighted by Gasteiger charge is 2.36. The van der Waals surface area contributed by atoms with Crippen LogP contribution in [-0.4, -0.2) is 49.7 Å². The lowest BCUT2D eigenvalue weighted by Crippen LogP contribution is -2.43. The summed E-state index contributed by atoms with van der Waals surface area (Å²) in [5.74, 6) is 0.412. The zero-order valence-corrected chi connectivity index (χ0v) is 10.2. The molecule has 16 heavy (non-hydrogen) atoms. The predicted molar refractivity (Wildman–Crippen MR) is 62.2 cm³/mol. The van der Waals surface area contributed by atoms with Crippen LogP contribution < -0.4 is 5.32 Å². The summed E-state index contributed by atoms with van der Waals surface area (Å²) in [6, 6.07) is 0.397. The second kappa shape index (κ2) is 5.15. The first-order chi connectivity index (χ1) is 7.72. The fourth-order valence-corrected chi connectivity index (χ4v) is 2.80. The lowest BCUT2D eigenvalue weighted by atomic mass is 10.0. The SMILES string of the molecule is CNCC1CCCN1C(=O)C1COC(C)C1. The van der Waals surface area contributed by atoms with Crippen molar-refractivity contribution in [3.8, 4) is 0 Å². The number of nitrogens with one attached hydrogen (secondary N) is 1. The molecule has 0 saturated carbocycles. The molecule has 0 aromatic carbocycles. The smallest absolute Gasteiger partial charge is 0.228 e. The van der Waals surface area contributed by atoms with Crippen LogP contribution in [0.3, 0.4) is 0 Å². The number of hydrogen-bond acceptors (Lipinski definition) is 3. The van der Waals surface area contributed by atoms with Crippen LogP contribution in [0.25, 0.3) is 0 Å². The molecule has 0 aliphatic carbocycles. The van der Waals surface area contributed by atoms with Gasteiger partial charge in [-0.25, -0.2) is 0 Å². The highest BCUT2D eigenvalue weighted by atomic mass is 16.5. The molecule has 0 spiro atoms. The van der Waals surface area contributed by atoms with Crippen molar-refractivity contribution in [1.82, 2.24) is 10.2 Å². The van der Waals surface area contributed by atoms with E-state index in [1.807, 2.05) is 14.0 Å². The third-order valence-corrected chi connectivity index (χ3v) is 3.65. The van der Waals surface area contributed by atoms with Gasteiger partial charge in [-0.15, -0.1) is 0 Å². The Kier molecular flexibility index (Phi) is 3.82. The summed E-state index contributed by atoms with van der Waals surface area (Å²) < 4.78 is 5.48. The second-order valence-electron chi connectivity index (χ2n) is 4.96. The Morgan fingerprint density at radius 2 is 2.38 bits per heavy atom. The molecule has 4 heteroatoms. The maximum absolute atomic E-state index is 12.3. The summed E-state index contributed by atoms with van der Waals surface area (Å²) in [6.07, 6.45) is 3.41. The Balaban J connectivity index is 1.93. The van der Waals surface area contributed by atoms with Crippen molar-refractivity contribution in [2.45, 2.75) is 38.3 Å². The van der Waals surface area contributed by atoms with Crippen LogP contribution in [0.5, 0.6) is 0 Å². The zero-order valence-electron chi connectivity index (χ0n) is 10.2. The maximum atomic E-state index is 12.3. The summed E-state index contributed by atoms with van der Waals surface area (Å²) in [6.45, 7) is 4.50. The molecule has 3 atom stereocenters. The maximum Gasteiger partial charge on any atom is 0.228 e. The predicted octanol–water partition coefficient (Wildman–Crippen LogP) is 0.622. The van der Waals surface area contributed by atoms with Gasteiger partial charge in [-0.05, 0) is 33.2 Å². The van der Waals surface area contributed by atoms with Crippen LogP contribution in [-0.2, 0) is 9.53 Å². The standard InChI is InChI=1S/C12H22N2O2/c1-9-6-10(8-16-9)12(15)14-5-3-4-11(14)7-13-2/h9-11,13H,3-8H2,1-2H3. The molecule has 1 N–H and O–H groups in total. The van der Waals surface area contributed by atoms with Crippen LogP contribution in [0.2, 0.25) is 0 Å². The van der Waals surface area contributed by atoms with Gasteiger partial charge in [0.25, 0.3) is 0 Å². The van der Waals surface area contributed by atoms with Gasteiger partial charge in [0.05, 0.1) is 18.6 Å². The molecule has 2 rings (SSSR count). The zero-order chi connectivity index (χ0) is 11.5. The summed E-state index contributed by atoms with van der Waals surface area (Å²) in [7, 11) is 1.95. The summed E-state index contributed by atoms with van der Waals surface area (Å²) in [5, 5.41) is 3.17. The van der Waals surface area contributed by atoms with Crippen LogP contribution in [0.4, 0.5) is 0 Å². The van der Waals surface area contributed by atoms with Gasteiger partial charge in [0.1, 0.15) is 0 Å². The van der Waals surface area contributed by atoms with Crippen LogP contribution in [0, 0.1) is 5.92 Å². The molecule has 1 amide bonds. The number of carbonyl (C=O) groups is 1. The van der Waals surface area contributed by atoms with Crippen molar-refractivity contribution < 1.29 is 9.53 Å². The molecule has 0 aromatic rings. The first kappa shape index (κ1) is 11.9. The fourth-order valence-electron chi connectivity index (χ4n) is 2.80. The van der Waals surface area contributed by atoms with Gasteiger partial charge in [-0.2, -0.15) is 0 Å². The van der Waals surface area contributed by atoms with Gasteiger partial charge in [-0.3, -0.25) is 4.79 Å². The minimum absolute atomic E-state index is 0.104. The van der Waals surface area contributed by atoms with Crippen molar-refractivity contribution in [1.29, 1.82) is 0 Å². The molecule has 0 bridgehead atoms. The monoisotopic (exact) mass is 226 g/mol. The number of rotatable bonds is 3. The Morgan fingerprint density at radius 1 is 1.56 bits per heavy atom. The van der Waals surface area contributed by atoms with E-state index in [1.165, 1.54) is 0 Å². The molecule has 2 heterocycles. The van der Waals surface area contributed by atoms with E-state index < -0.39 is 0 Å². The van der Waals surface area contributed by atoms with Gasteiger partial charge in [-0.1, -0.05) is 0 Å². The van der Waals surface area contributed by atoms with Gasteiger partial charge in [0.15, 0.2) is 0 Å². The van der Waals surface area contributed by atoms with Crippen LogP contribution in [0.15, 0.2) is 0 Å². The number of likely N-dealkylation sites (tertiary alicyclic amines) is 1. The normalized spacial score (nSPS) is 34.6. The Labute approximate surface area is 97.3 Å². The average molecular weight is 226 g/mol.